The molecular weight excluding hydrogens is 260 g/mol. The second-order valence-electron chi connectivity index (χ2n) is 4.56. The van der Waals surface area contributed by atoms with Gasteiger partial charge in [0.05, 0.1) is 5.01 Å². The van der Waals surface area contributed by atoms with E-state index in [1.54, 1.807) is 11.3 Å². The van der Waals surface area contributed by atoms with E-state index in [0.29, 0.717) is 6.79 Å². The number of aromatic nitrogens is 1. The molecule has 0 saturated carbocycles. The average molecular weight is 276 g/mol. The highest BCUT2D eigenvalue weighted by molar-refractivity contribution is 7.11. The molecule has 2 heterocycles. The number of aryl methyl sites for hydroxylation is 1. The Balaban J connectivity index is 1.65. The fourth-order valence-corrected chi connectivity index (χ4v) is 2.79. The van der Waals surface area contributed by atoms with Crippen LogP contribution in [0.1, 0.15) is 28.4 Å². The molecule has 0 amide bonds. The summed E-state index contributed by atoms with van der Waals surface area (Å²) in [5.41, 5.74) is 1.20. The standard InChI is InChI=1S/C14H16N2O2S/c1-9(15-6-12-7-16-10(2)19-12)11-3-4-13-14(5-11)18-8-17-13/h3-5,7,9,15H,6,8H2,1-2H3. The van der Waals surface area contributed by atoms with Crippen molar-refractivity contribution in [2.24, 2.45) is 0 Å². The number of nitrogens with zero attached hydrogens (tertiary/aromatic N) is 1. The van der Waals surface area contributed by atoms with E-state index >= 15 is 0 Å². The zero-order valence-corrected chi connectivity index (χ0v) is 11.8. The number of hydrogen-bond acceptors (Lipinski definition) is 5. The minimum absolute atomic E-state index is 0.261. The molecule has 1 aromatic heterocycles. The van der Waals surface area contributed by atoms with Gasteiger partial charge in [0.15, 0.2) is 11.5 Å². The maximum absolute atomic E-state index is 5.40. The summed E-state index contributed by atoms with van der Waals surface area (Å²) in [6, 6.07) is 6.34. The van der Waals surface area contributed by atoms with Crippen LogP contribution in [0.15, 0.2) is 24.4 Å². The van der Waals surface area contributed by atoms with Gasteiger partial charge in [-0.05, 0) is 31.5 Å². The summed E-state index contributed by atoms with van der Waals surface area (Å²) in [5.74, 6) is 1.66. The Morgan fingerprint density at radius 2 is 2.21 bits per heavy atom. The monoisotopic (exact) mass is 276 g/mol. The summed E-state index contributed by atoms with van der Waals surface area (Å²) < 4.78 is 10.7. The van der Waals surface area contributed by atoms with E-state index in [1.165, 1.54) is 10.4 Å². The number of rotatable bonds is 4. The zero-order valence-electron chi connectivity index (χ0n) is 11.0. The Bertz CT molecular complexity index is 583. The number of thiazole rings is 1. The molecule has 5 heteroatoms. The molecule has 1 unspecified atom stereocenters. The van der Waals surface area contributed by atoms with Crippen molar-refractivity contribution < 1.29 is 9.47 Å². The minimum atomic E-state index is 0.261. The summed E-state index contributed by atoms with van der Waals surface area (Å²) in [7, 11) is 0. The third-order valence-corrected chi connectivity index (χ3v) is 4.06. The first kappa shape index (κ1) is 12.4. The van der Waals surface area contributed by atoms with Crippen LogP contribution in [0.3, 0.4) is 0 Å². The highest BCUT2D eigenvalue weighted by Gasteiger charge is 2.15. The van der Waals surface area contributed by atoms with Gasteiger partial charge in [0, 0.05) is 23.7 Å². The number of ether oxygens (including phenoxy) is 2. The van der Waals surface area contributed by atoms with Gasteiger partial charge in [0.2, 0.25) is 6.79 Å². The van der Waals surface area contributed by atoms with E-state index in [4.69, 9.17) is 9.47 Å². The molecule has 3 rings (SSSR count). The summed E-state index contributed by atoms with van der Waals surface area (Å²) >= 11 is 1.73. The average Bonchev–Trinajstić information content (AvgIpc) is 3.03. The van der Waals surface area contributed by atoms with Crippen LogP contribution in [-0.2, 0) is 6.54 Å². The molecule has 1 atom stereocenters. The first-order valence-corrected chi connectivity index (χ1v) is 7.08. The number of benzene rings is 1. The molecule has 19 heavy (non-hydrogen) atoms. The van der Waals surface area contributed by atoms with E-state index in [2.05, 4.69) is 23.3 Å². The third-order valence-electron chi connectivity index (χ3n) is 3.15. The second-order valence-corrected chi connectivity index (χ2v) is 5.88. The van der Waals surface area contributed by atoms with Crippen LogP contribution in [0.4, 0.5) is 0 Å². The molecule has 1 N–H and O–H groups in total. The molecule has 1 aliphatic rings. The van der Waals surface area contributed by atoms with Crippen LogP contribution in [0.2, 0.25) is 0 Å². The SMILES string of the molecule is Cc1ncc(CNC(C)c2ccc3c(c2)OCO3)s1. The number of hydrogen-bond donors (Lipinski definition) is 1. The van der Waals surface area contributed by atoms with Crippen molar-refractivity contribution in [3.05, 3.63) is 39.8 Å². The zero-order chi connectivity index (χ0) is 13.2. The fraction of sp³-hybridized carbons (Fsp3) is 0.357. The van der Waals surface area contributed by atoms with E-state index < -0.39 is 0 Å². The van der Waals surface area contributed by atoms with E-state index in [9.17, 15) is 0 Å². The summed E-state index contributed by atoms with van der Waals surface area (Å²) in [6.45, 7) is 5.32. The van der Waals surface area contributed by atoms with Gasteiger partial charge >= 0.3 is 0 Å². The molecule has 2 aromatic rings. The highest BCUT2D eigenvalue weighted by atomic mass is 32.1. The van der Waals surface area contributed by atoms with Crippen molar-refractivity contribution in [3.8, 4) is 11.5 Å². The van der Waals surface area contributed by atoms with Crippen LogP contribution in [0.5, 0.6) is 11.5 Å². The molecule has 1 aromatic carbocycles. The van der Waals surface area contributed by atoms with Crippen molar-refractivity contribution in [1.29, 1.82) is 0 Å². The van der Waals surface area contributed by atoms with Gasteiger partial charge in [-0.15, -0.1) is 11.3 Å². The van der Waals surface area contributed by atoms with Crippen LogP contribution in [-0.4, -0.2) is 11.8 Å². The van der Waals surface area contributed by atoms with Crippen LogP contribution in [0.25, 0.3) is 0 Å². The molecule has 1 aliphatic heterocycles. The smallest absolute Gasteiger partial charge is 0.231 e. The van der Waals surface area contributed by atoms with Gasteiger partial charge in [0.1, 0.15) is 0 Å². The van der Waals surface area contributed by atoms with E-state index in [1.807, 2.05) is 25.3 Å². The van der Waals surface area contributed by atoms with Gasteiger partial charge < -0.3 is 14.8 Å². The topological polar surface area (TPSA) is 43.4 Å². The summed E-state index contributed by atoms with van der Waals surface area (Å²) in [4.78, 5) is 5.51. The third kappa shape index (κ3) is 2.72. The second kappa shape index (κ2) is 5.19. The predicted molar refractivity (Wildman–Crippen MR) is 74.7 cm³/mol. The molecule has 0 bridgehead atoms. The summed E-state index contributed by atoms with van der Waals surface area (Å²) in [6.07, 6.45) is 1.93. The molecule has 100 valence electrons. The Kier molecular flexibility index (Phi) is 3.40. The highest BCUT2D eigenvalue weighted by Crippen LogP contribution is 2.34. The molecule has 0 aliphatic carbocycles. The molecule has 0 spiro atoms. The lowest BCUT2D eigenvalue weighted by Crippen LogP contribution is -2.17. The van der Waals surface area contributed by atoms with Gasteiger partial charge in [-0.2, -0.15) is 0 Å². The van der Waals surface area contributed by atoms with Gasteiger partial charge in [0.25, 0.3) is 0 Å². The summed E-state index contributed by atoms with van der Waals surface area (Å²) in [5, 5.41) is 4.60. The lowest BCUT2D eigenvalue weighted by molar-refractivity contribution is 0.174. The lowest BCUT2D eigenvalue weighted by atomic mass is 10.1. The van der Waals surface area contributed by atoms with E-state index in [0.717, 1.165) is 23.1 Å². The van der Waals surface area contributed by atoms with E-state index in [-0.39, 0.29) is 6.04 Å². The first-order valence-electron chi connectivity index (χ1n) is 6.26. The molecular formula is C14H16N2O2S. The maximum Gasteiger partial charge on any atom is 0.231 e. The Labute approximate surface area is 116 Å². The molecule has 0 saturated heterocycles. The molecule has 4 nitrogen and oxygen atoms in total. The normalized spacial score (nSPS) is 14.6. The predicted octanol–water partition coefficient (Wildman–Crippen LogP) is 3.03. The van der Waals surface area contributed by atoms with Crippen molar-refractivity contribution in [3.63, 3.8) is 0 Å². The Hall–Kier alpha value is -1.59. The quantitative estimate of drug-likeness (QED) is 0.932. The van der Waals surface area contributed by atoms with Crippen molar-refractivity contribution in [1.82, 2.24) is 10.3 Å². The Morgan fingerprint density at radius 3 is 3.00 bits per heavy atom. The van der Waals surface area contributed by atoms with Crippen LogP contribution < -0.4 is 14.8 Å². The van der Waals surface area contributed by atoms with Gasteiger partial charge in [-0.1, -0.05) is 6.07 Å². The number of fused-ring (bicyclic) bond motifs is 1. The molecule has 0 radical (unpaired) electrons. The van der Waals surface area contributed by atoms with Crippen molar-refractivity contribution in [2.45, 2.75) is 26.4 Å². The Morgan fingerprint density at radius 1 is 1.37 bits per heavy atom. The van der Waals surface area contributed by atoms with Crippen molar-refractivity contribution in [2.75, 3.05) is 6.79 Å². The van der Waals surface area contributed by atoms with Crippen LogP contribution in [0, 0.1) is 6.92 Å². The van der Waals surface area contributed by atoms with Gasteiger partial charge in [-0.3, -0.25) is 0 Å². The van der Waals surface area contributed by atoms with Crippen molar-refractivity contribution >= 4 is 11.3 Å². The first-order chi connectivity index (χ1) is 9.22. The fourth-order valence-electron chi connectivity index (χ4n) is 2.04. The largest absolute Gasteiger partial charge is 0.454 e. The van der Waals surface area contributed by atoms with Crippen LogP contribution >= 0.6 is 11.3 Å². The molecule has 0 fully saturated rings. The maximum atomic E-state index is 5.40. The van der Waals surface area contributed by atoms with Gasteiger partial charge in [-0.25, -0.2) is 4.98 Å². The number of nitrogens with one attached hydrogen (secondary N) is 1. The minimum Gasteiger partial charge on any atom is -0.454 e. The lowest BCUT2D eigenvalue weighted by Gasteiger charge is -2.13.